The zero-order valence-electron chi connectivity index (χ0n) is 51.0. The second kappa shape index (κ2) is 57.9. The molecule has 0 fully saturated rings. The first-order valence-corrected chi connectivity index (χ1v) is 34.1. The van der Waals surface area contributed by atoms with Crippen molar-refractivity contribution in [1.29, 1.82) is 0 Å². The summed E-state index contributed by atoms with van der Waals surface area (Å²) in [6, 6.07) is -0.891. The highest BCUT2D eigenvalue weighted by atomic mass is 31.2. The van der Waals surface area contributed by atoms with Gasteiger partial charge in [0, 0.05) is 6.42 Å². The Balaban J connectivity index is 4.12. The first-order valence-electron chi connectivity index (χ1n) is 32.7. The number of aliphatic hydroxyl groups is 1. The highest BCUT2D eigenvalue weighted by molar-refractivity contribution is 7.45. The highest BCUT2D eigenvalue weighted by Gasteiger charge is 2.23. The molecule has 0 aliphatic rings. The zero-order valence-corrected chi connectivity index (χ0v) is 51.9. The lowest BCUT2D eigenvalue weighted by Crippen LogP contribution is -2.45. The zero-order chi connectivity index (χ0) is 55.6. The second-order valence-corrected chi connectivity index (χ2v) is 24.9. The monoisotopic (exact) mass is 1090 g/mol. The summed E-state index contributed by atoms with van der Waals surface area (Å²) in [5.74, 6) is -0.197. The van der Waals surface area contributed by atoms with E-state index < -0.39 is 20.0 Å². The number of amides is 1. The van der Waals surface area contributed by atoms with Crippen LogP contribution < -0.4 is 10.2 Å². The molecule has 0 spiro atoms. The van der Waals surface area contributed by atoms with Gasteiger partial charge < -0.3 is 28.8 Å². The molecule has 2 N–H and O–H groups in total. The number of nitrogens with zero attached hydrogens (tertiary/aromatic N) is 1. The van der Waals surface area contributed by atoms with Gasteiger partial charge in [-0.05, 0) is 57.8 Å². The summed E-state index contributed by atoms with van der Waals surface area (Å²) >= 11 is 0. The van der Waals surface area contributed by atoms with Gasteiger partial charge in [-0.25, -0.2) is 0 Å². The van der Waals surface area contributed by atoms with Crippen molar-refractivity contribution < 1.29 is 32.9 Å². The van der Waals surface area contributed by atoms with Gasteiger partial charge in [0.2, 0.25) is 5.91 Å². The van der Waals surface area contributed by atoms with Gasteiger partial charge in [-0.15, -0.1) is 0 Å². The molecule has 0 rings (SSSR count). The molecule has 8 nitrogen and oxygen atoms in total. The smallest absolute Gasteiger partial charge is 0.268 e. The number of rotatable bonds is 60. The third-order valence-corrected chi connectivity index (χ3v) is 15.7. The van der Waals surface area contributed by atoms with E-state index in [1.54, 1.807) is 6.08 Å². The van der Waals surface area contributed by atoms with Crippen molar-refractivity contribution in [2.45, 2.75) is 321 Å². The Kier molecular flexibility index (Phi) is 56.5. The van der Waals surface area contributed by atoms with Gasteiger partial charge in [0.15, 0.2) is 0 Å². The summed E-state index contributed by atoms with van der Waals surface area (Å²) in [7, 11) is 1.26. The quantitative estimate of drug-likeness (QED) is 0.0272. The number of quaternary nitrogens is 1. The number of hydrogen-bond acceptors (Lipinski definition) is 6. The van der Waals surface area contributed by atoms with Crippen LogP contribution in [0.5, 0.6) is 0 Å². The lowest BCUT2D eigenvalue weighted by molar-refractivity contribution is -0.870. The summed E-state index contributed by atoms with van der Waals surface area (Å²) in [5, 5.41) is 13.9. The molecule has 446 valence electrons. The van der Waals surface area contributed by atoms with Crippen LogP contribution in [0.2, 0.25) is 0 Å². The average Bonchev–Trinajstić information content (AvgIpc) is 3.38. The summed E-state index contributed by atoms with van der Waals surface area (Å²) in [6.45, 7) is 4.57. The first kappa shape index (κ1) is 74.2. The Bertz CT molecular complexity index is 1420. The van der Waals surface area contributed by atoms with Crippen LogP contribution in [0.1, 0.15) is 309 Å². The lowest BCUT2D eigenvalue weighted by atomic mass is 10.0. The van der Waals surface area contributed by atoms with E-state index in [0.717, 1.165) is 64.2 Å². The van der Waals surface area contributed by atoms with Crippen molar-refractivity contribution in [2.75, 3.05) is 40.9 Å². The predicted molar refractivity (Wildman–Crippen MR) is 330 cm³/mol. The molecule has 0 aliphatic carbocycles. The maximum atomic E-state index is 13.0. The van der Waals surface area contributed by atoms with Gasteiger partial charge >= 0.3 is 0 Å². The van der Waals surface area contributed by atoms with Crippen molar-refractivity contribution in [1.82, 2.24) is 5.32 Å². The second-order valence-electron chi connectivity index (χ2n) is 23.4. The van der Waals surface area contributed by atoms with Crippen LogP contribution in [0, 0.1) is 0 Å². The minimum Gasteiger partial charge on any atom is -0.756 e. The van der Waals surface area contributed by atoms with Crippen LogP contribution in [-0.4, -0.2) is 68.5 Å². The van der Waals surface area contributed by atoms with E-state index in [4.69, 9.17) is 9.05 Å². The van der Waals surface area contributed by atoms with Gasteiger partial charge in [-0.2, -0.15) is 0 Å². The molecule has 0 aromatic rings. The molecule has 0 aliphatic heterocycles. The molecular formula is C67H127N2O6P. The fraction of sp³-hybridized carbons (Fsp3) is 0.836. The van der Waals surface area contributed by atoms with E-state index in [2.05, 4.69) is 67.8 Å². The van der Waals surface area contributed by atoms with Crippen LogP contribution >= 0.6 is 7.82 Å². The van der Waals surface area contributed by atoms with Crippen LogP contribution in [0.3, 0.4) is 0 Å². The summed E-state index contributed by atoms with van der Waals surface area (Å²) < 4.78 is 23.4. The molecule has 0 saturated heterocycles. The lowest BCUT2D eigenvalue weighted by Gasteiger charge is -2.29. The number of unbranched alkanes of at least 4 members (excludes halogenated alkanes) is 39. The average molecular weight is 1090 g/mol. The molecule has 0 aromatic heterocycles. The van der Waals surface area contributed by atoms with Crippen molar-refractivity contribution >= 4 is 13.7 Å². The number of phosphoric acid groups is 1. The van der Waals surface area contributed by atoms with E-state index in [1.807, 2.05) is 27.2 Å². The van der Waals surface area contributed by atoms with Crippen LogP contribution in [0.25, 0.3) is 0 Å². The van der Waals surface area contributed by atoms with Crippen molar-refractivity contribution in [3.8, 4) is 0 Å². The van der Waals surface area contributed by atoms with Crippen molar-refractivity contribution in [3.05, 3.63) is 60.8 Å². The van der Waals surface area contributed by atoms with Gasteiger partial charge in [0.25, 0.3) is 7.82 Å². The van der Waals surface area contributed by atoms with E-state index in [1.165, 1.54) is 225 Å². The number of nitrogens with one attached hydrogen (secondary N) is 1. The maximum Gasteiger partial charge on any atom is 0.268 e. The maximum absolute atomic E-state index is 13.0. The SMILES string of the molecule is CC/C=C\C/C=C\C/C=C\C/C=C\CCCCCCCCCCCCCCC(=O)NC(COP(=O)([O-])OCC[N+](C)(C)C)C(O)/C=C/CCCCCCCCCCCCCCCCCCCCCCCCCCCCC. The molecule has 0 radical (unpaired) electrons. The number of hydrogen-bond donors (Lipinski definition) is 2. The number of carbonyl (C=O) groups excluding carboxylic acids is 1. The third kappa shape index (κ3) is 59.9. The van der Waals surface area contributed by atoms with E-state index >= 15 is 0 Å². The van der Waals surface area contributed by atoms with Crippen molar-refractivity contribution in [2.24, 2.45) is 0 Å². The Hall–Kier alpha value is -1.80. The van der Waals surface area contributed by atoms with Gasteiger partial charge in [0.05, 0.1) is 39.9 Å². The number of carbonyl (C=O) groups is 1. The molecule has 3 unspecified atom stereocenters. The predicted octanol–water partition coefficient (Wildman–Crippen LogP) is 19.8. The Morgan fingerprint density at radius 2 is 0.803 bits per heavy atom. The van der Waals surface area contributed by atoms with E-state index in [0.29, 0.717) is 17.4 Å². The molecule has 0 heterocycles. The Labute approximate surface area is 472 Å². The number of allylic oxidation sites excluding steroid dienone is 9. The van der Waals surface area contributed by atoms with Crippen LogP contribution in [0.15, 0.2) is 60.8 Å². The van der Waals surface area contributed by atoms with E-state index in [9.17, 15) is 19.4 Å². The van der Waals surface area contributed by atoms with Gasteiger partial charge in [-0.1, -0.05) is 306 Å². The highest BCUT2D eigenvalue weighted by Crippen LogP contribution is 2.38. The first-order chi connectivity index (χ1) is 37.0. The topological polar surface area (TPSA) is 108 Å². The number of likely N-dealkylation sites (N-methyl/N-ethyl adjacent to an activating group) is 1. The largest absolute Gasteiger partial charge is 0.756 e. The van der Waals surface area contributed by atoms with Crippen LogP contribution in [0.4, 0.5) is 0 Å². The molecule has 3 atom stereocenters. The molecule has 1 amide bonds. The summed E-state index contributed by atoms with van der Waals surface area (Å²) in [4.78, 5) is 25.6. The standard InChI is InChI=1S/C67H127N2O6P/c1-6-8-10-12-14-16-18-20-22-24-26-28-30-32-33-34-35-37-38-40-42-44-46-48-50-52-54-56-58-60-66(70)65(64-75-76(72,73)74-63-62-69(3,4)5)68-67(71)61-59-57-55-53-51-49-47-45-43-41-39-36-31-29-27-25-23-21-19-17-15-13-11-9-7-2/h9,11,15,17,21,23,27,29,58,60,65-66,70H,6-8,10,12-14,16,18-20,22,24-26,28,30-57,59,61-64H2,1-5H3,(H-,68,71,72,73)/b11-9-,17-15-,23-21-,29-27-,60-58+. The minimum absolute atomic E-state index is 0.00236. The van der Waals surface area contributed by atoms with Gasteiger partial charge in [0.1, 0.15) is 13.2 Å². The van der Waals surface area contributed by atoms with Crippen molar-refractivity contribution in [3.63, 3.8) is 0 Å². The fourth-order valence-corrected chi connectivity index (χ4v) is 10.4. The molecular weight excluding hydrogens is 960 g/mol. The molecule has 76 heavy (non-hydrogen) atoms. The minimum atomic E-state index is -4.60. The number of aliphatic hydroxyl groups excluding tert-OH is 1. The Morgan fingerprint density at radius 1 is 0.474 bits per heavy atom. The molecule has 0 aromatic carbocycles. The third-order valence-electron chi connectivity index (χ3n) is 14.7. The van der Waals surface area contributed by atoms with Gasteiger partial charge in [-0.3, -0.25) is 9.36 Å². The molecule has 0 saturated carbocycles. The van der Waals surface area contributed by atoms with Crippen LogP contribution in [-0.2, 0) is 18.4 Å². The molecule has 0 bridgehead atoms. The number of phosphoric ester groups is 1. The summed E-state index contributed by atoms with van der Waals surface area (Å²) in [5.41, 5.74) is 0. The molecule has 9 heteroatoms. The Morgan fingerprint density at radius 3 is 1.17 bits per heavy atom. The fourth-order valence-electron chi connectivity index (χ4n) is 9.68. The summed E-state index contributed by atoms with van der Waals surface area (Å²) in [6.07, 6.45) is 78.9. The van der Waals surface area contributed by atoms with E-state index in [-0.39, 0.29) is 19.1 Å². The normalized spacial score (nSPS) is 14.1.